The molecule has 1 fully saturated rings. The van der Waals surface area contributed by atoms with Crippen LogP contribution in [0.5, 0.6) is 0 Å². The van der Waals surface area contributed by atoms with Gasteiger partial charge in [0.2, 0.25) is 0 Å². The number of nitrogens with one attached hydrogen (secondary N) is 1. The number of nitrogens with zero attached hydrogens (tertiary/aromatic N) is 2. The van der Waals surface area contributed by atoms with E-state index >= 15 is 0 Å². The molecule has 0 radical (unpaired) electrons. The minimum Gasteiger partial charge on any atom is -0.370 e. The molecule has 0 bridgehead atoms. The lowest BCUT2D eigenvalue weighted by Gasteiger charge is -2.33. The minimum absolute atomic E-state index is 0.289. The quantitative estimate of drug-likeness (QED) is 0.816. The monoisotopic (exact) mass is 251 g/mol. The molecule has 1 N–H and O–H groups in total. The number of anilines is 1. The first-order valence-electron chi connectivity index (χ1n) is 6.85. The van der Waals surface area contributed by atoms with Crippen LogP contribution in [-0.4, -0.2) is 35.6 Å². The van der Waals surface area contributed by atoms with Crippen molar-refractivity contribution in [1.29, 1.82) is 0 Å². The molecule has 4 heteroatoms. The second-order valence-corrected chi connectivity index (χ2v) is 5.02. The summed E-state index contributed by atoms with van der Waals surface area (Å²) in [6.07, 6.45) is 6.37. The molecule has 0 aromatic carbocycles. The van der Waals surface area contributed by atoms with Gasteiger partial charge in [0.25, 0.3) is 0 Å². The molecule has 0 aliphatic carbocycles. The van der Waals surface area contributed by atoms with Crippen molar-refractivity contribution in [2.75, 3.05) is 25.0 Å². The normalized spacial score (nSPS) is 20.9. The summed E-state index contributed by atoms with van der Waals surface area (Å²) in [4.78, 5) is 6.54. The fourth-order valence-electron chi connectivity index (χ4n) is 2.47. The van der Waals surface area contributed by atoms with E-state index in [9.17, 15) is 4.39 Å². The lowest BCUT2D eigenvalue weighted by molar-refractivity contribution is 0.160. The van der Waals surface area contributed by atoms with Gasteiger partial charge in [-0.3, -0.25) is 0 Å². The van der Waals surface area contributed by atoms with Gasteiger partial charge in [0.05, 0.1) is 6.20 Å². The molecule has 2 heterocycles. The largest absolute Gasteiger partial charge is 0.370 e. The highest BCUT2D eigenvalue weighted by Crippen LogP contribution is 2.16. The van der Waals surface area contributed by atoms with Crippen LogP contribution < -0.4 is 5.32 Å². The molecule has 3 nitrogen and oxygen atoms in total. The van der Waals surface area contributed by atoms with Gasteiger partial charge in [0, 0.05) is 19.1 Å². The van der Waals surface area contributed by atoms with Crippen molar-refractivity contribution < 1.29 is 4.39 Å². The summed E-state index contributed by atoms with van der Waals surface area (Å²) < 4.78 is 12.7. The van der Waals surface area contributed by atoms with Crippen LogP contribution in [0.4, 0.5) is 10.2 Å². The van der Waals surface area contributed by atoms with E-state index in [0.29, 0.717) is 0 Å². The van der Waals surface area contributed by atoms with E-state index in [4.69, 9.17) is 0 Å². The Morgan fingerprint density at radius 3 is 3.06 bits per heavy atom. The van der Waals surface area contributed by atoms with Crippen molar-refractivity contribution in [3.8, 4) is 0 Å². The van der Waals surface area contributed by atoms with Crippen LogP contribution in [0.15, 0.2) is 18.3 Å². The number of aromatic nitrogens is 1. The van der Waals surface area contributed by atoms with E-state index in [-0.39, 0.29) is 5.82 Å². The Labute approximate surface area is 108 Å². The van der Waals surface area contributed by atoms with E-state index in [1.807, 2.05) is 0 Å². The molecule has 0 spiro atoms. The molecule has 2 rings (SSSR count). The number of piperidine rings is 1. The Hall–Kier alpha value is -1.16. The van der Waals surface area contributed by atoms with E-state index in [1.165, 1.54) is 38.1 Å². The second kappa shape index (κ2) is 6.69. The maximum Gasteiger partial charge on any atom is 0.141 e. The van der Waals surface area contributed by atoms with Gasteiger partial charge in [0.1, 0.15) is 11.6 Å². The topological polar surface area (TPSA) is 28.2 Å². The molecular formula is C14H22FN3. The first-order valence-corrected chi connectivity index (χ1v) is 6.85. The van der Waals surface area contributed by atoms with Crippen LogP contribution in [0.3, 0.4) is 0 Å². The summed E-state index contributed by atoms with van der Waals surface area (Å²) in [5, 5.41) is 3.22. The third-order valence-corrected chi connectivity index (χ3v) is 3.60. The van der Waals surface area contributed by atoms with Crippen molar-refractivity contribution in [3.63, 3.8) is 0 Å². The molecule has 1 saturated heterocycles. The number of rotatable bonds is 5. The van der Waals surface area contributed by atoms with Gasteiger partial charge in [-0.1, -0.05) is 6.42 Å². The third-order valence-electron chi connectivity index (χ3n) is 3.60. The van der Waals surface area contributed by atoms with Crippen LogP contribution in [-0.2, 0) is 0 Å². The summed E-state index contributed by atoms with van der Waals surface area (Å²) in [5.74, 6) is 0.464. The highest BCUT2D eigenvalue weighted by Gasteiger charge is 2.16. The Balaban J connectivity index is 1.65. The lowest BCUT2D eigenvalue weighted by atomic mass is 10.0. The van der Waals surface area contributed by atoms with Crippen molar-refractivity contribution in [2.45, 2.75) is 38.6 Å². The zero-order chi connectivity index (χ0) is 12.8. The van der Waals surface area contributed by atoms with Gasteiger partial charge in [-0.25, -0.2) is 9.37 Å². The summed E-state index contributed by atoms with van der Waals surface area (Å²) in [6.45, 7) is 5.57. The number of hydrogen-bond donors (Lipinski definition) is 1. The minimum atomic E-state index is -0.289. The van der Waals surface area contributed by atoms with Crippen LogP contribution in [0.1, 0.15) is 32.6 Å². The predicted molar refractivity (Wildman–Crippen MR) is 72.2 cm³/mol. The molecule has 1 aromatic rings. The Kier molecular flexibility index (Phi) is 4.93. The standard InChI is InChI=1S/C14H22FN3/c1-12-5-2-3-9-18(12)10-4-8-16-14-7-6-13(15)11-17-14/h6-7,11-12H,2-5,8-10H2,1H3,(H,16,17). The first-order chi connectivity index (χ1) is 8.75. The smallest absolute Gasteiger partial charge is 0.141 e. The number of pyridine rings is 1. The molecule has 0 saturated carbocycles. The highest BCUT2D eigenvalue weighted by atomic mass is 19.1. The van der Waals surface area contributed by atoms with Gasteiger partial charge >= 0.3 is 0 Å². The zero-order valence-corrected chi connectivity index (χ0v) is 11.0. The molecule has 18 heavy (non-hydrogen) atoms. The number of halogens is 1. The molecule has 1 aliphatic heterocycles. The second-order valence-electron chi connectivity index (χ2n) is 5.02. The SMILES string of the molecule is CC1CCCCN1CCCNc1ccc(F)cn1. The van der Waals surface area contributed by atoms with Crippen molar-refractivity contribution in [1.82, 2.24) is 9.88 Å². The molecule has 1 atom stereocenters. The van der Waals surface area contributed by atoms with E-state index in [1.54, 1.807) is 6.07 Å². The van der Waals surface area contributed by atoms with Crippen molar-refractivity contribution in [2.24, 2.45) is 0 Å². The fourth-order valence-corrected chi connectivity index (χ4v) is 2.47. The van der Waals surface area contributed by atoms with E-state index in [2.05, 4.69) is 22.1 Å². The summed E-state index contributed by atoms with van der Waals surface area (Å²) in [6, 6.07) is 3.84. The van der Waals surface area contributed by atoms with Crippen LogP contribution in [0, 0.1) is 5.82 Å². The van der Waals surface area contributed by atoms with Gasteiger partial charge < -0.3 is 10.2 Å². The van der Waals surface area contributed by atoms with Crippen LogP contribution in [0.2, 0.25) is 0 Å². The molecule has 1 unspecified atom stereocenters. The highest BCUT2D eigenvalue weighted by molar-refractivity contribution is 5.33. The fraction of sp³-hybridized carbons (Fsp3) is 0.643. The third kappa shape index (κ3) is 3.95. The van der Waals surface area contributed by atoms with Gasteiger partial charge in [-0.05, 0) is 44.9 Å². The first kappa shape index (κ1) is 13.3. The molecule has 100 valence electrons. The average molecular weight is 251 g/mol. The molecule has 0 amide bonds. The van der Waals surface area contributed by atoms with Gasteiger partial charge in [-0.15, -0.1) is 0 Å². The predicted octanol–water partition coefficient (Wildman–Crippen LogP) is 2.90. The average Bonchev–Trinajstić information content (AvgIpc) is 2.39. The summed E-state index contributed by atoms with van der Waals surface area (Å²) in [5.41, 5.74) is 0. The van der Waals surface area contributed by atoms with Gasteiger partial charge in [-0.2, -0.15) is 0 Å². The lowest BCUT2D eigenvalue weighted by Crippen LogP contribution is -2.38. The van der Waals surface area contributed by atoms with E-state index < -0.39 is 0 Å². The summed E-state index contributed by atoms with van der Waals surface area (Å²) in [7, 11) is 0. The Morgan fingerprint density at radius 2 is 2.33 bits per heavy atom. The molecule has 1 aromatic heterocycles. The van der Waals surface area contributed by atoms with Crippen molar-refractivity contribution >= 4 is 5.82 Å². The maximum atomic E-state index is 12.7. The van der Waals surface area contributed by atoms with Crippen LogP contribution >= 0.6 is 0 Å². The zero-order valence-electron chi connectivity index (χ0n) is 11.0. The van der Waals surface area contributed by atoms with Crippen LogP contribution in [0.25, 0.3) is 0 Å². The Bertz CT molecular complexity index is 353. The van der Waals surface area contributed by atoms with E-state index in [0.717, 1.165) is 31.4 Å². The number of hydrogen-bond acceptors (Lipinski definition) is 3. The Morgan fingerprint density at radius 1 is 1.44 bits per heavy atom. The molecular weight excluding hydrogens is 229 g/mol. The van der Waals surface area contributed by atoms with Crippen molar-refractivity contribution in [3.05, 3.63) is 24.1 Å². The number of likely N-dealkylation sites (tertiary alicyclic amines) is 1. The summed E-state index contributed by atoms with van der Waals surface area (Å²) >= 11 is 0. The van der Waals surface area contributed by atoms with Gasteiger partial charge in [0.15, 0.2) is 0 Å². The molecule has 1 aliphatic rings. The maximum absolute atomic E-state index is 12.7.